The average molecular weight is 675 g/mol. The molecule has 3 unspecified atom stereocenters. The number of amides is 2. The predicted molar refractivity (Wildman–Crippen MR) is 185 cm³/mol. The third-order valence-corrected chi connectivity index (χ3v) is 10.0. The van der Waals surface area contributed by atoms with Gasteiger partial charge in [-0.3, -0.25) is 9.59 Å². The van der Waals surface area contributed by atoms with Crippen LogP contribution in [0.3, 0.4) is 0 Å². The van der Waals surface area contributed by atoms with Crippen molar-refractivity contribution in [1.29, 1.82) is 0 Å². The zero-order valence-corrected chi connectivity index (χ0v) is 28.4. The maximum Gasteiger partial charge on any atom is 0.220 e. The van der Waals surface area contributed by atoms with Gasteiger partial charge in [0.05, 0.1) is 18.8 Å². The molecule has 1 fully saturated rings. The molecule has 3 N–H and O–H groups in total. The third kappa shape index (κ3) is 10.7. The van der Waals surface area contributed by atoms with Crippen molar-refractivity contribution in [3.63, 3.8) is 0 Å². The second-order valence-corrected chi connectivity index (χ2v) is 14.1. The van der Waals surface area contributed by atoms with Gasteiger partial charge in [-0.15, -0.1) is 10.2 Å². The molecule has 47 heavy (non-hydrogen) atoms. The van der Waals surface area contributed by atoms with Crippen LogP contribution in [0, 0.1) is 6.92 Å². The number of nitrogens with zero attached hydrogens (tertiary/aromatic N) is 2. The van der Waals surface area contributed by atoms with Gasteiger partial charge in [-0.1, -0.05) is 96.2 Å². The second kappa shape index (κ2) is 17.5. The van der Waals surface area contributed by atoms with Crippen molar-refractivity contribution in [2.75, 3.05) is 12.3 Å². The van der Waals surface area contributed by atoms with Gasteiger partial charge in [0.1, 0.15) is 5.01 Å². The van der Waals surface area contributed by atoms with Crippen LogP contribution in [-0.4, -0.2) is 45.5 Å². The van der Waals surface area contributed by atoms with Crippen LogP contribution in [0.5, 0.6) is 0 Å². The van der Waals surface area contributed by atoms with E-state index in [0.29, 0.717) is 25.9 Å². The number of hydrogen-bond donors (Lipinski definition) is 3. The molecule has 3 atom stereocenters. The number of aliphatic hydroxyl groups excluding tert-OH is 1. The third-order valence-electron chi connectivity index (χ3n) is 7.90. The first-order chi connectivity index (χ1) is 22.9. The number of carbonyl (C=O) groups is 2. The van der Waals surface area contributed by atoms with Crippen LogP contribution in [-0.2, 0) is 32.2 Å². The van der Waals surface area contributed by atoms with Crippen LogP contribution >= 0.6 is 23.1 Å². The molecule has 1 saturated heterocycles. The smallest absolute Gasteiger partial charge is 0.220 e. The molecule has 4 aromatic rings. The van der Waals surface area contributed by atoms with Crippen LogP contribution in [0.1, 0.15) is 78.7 Å². The van der Waals surface area contributed by atoms with E-state index in [9.17, 15) is 14.7 Å². The summed E-state index contributed by atoms with van der Waals surface area (Å²) in [5, 5.41) is 24.6. The minimum atomic E-state index is -0.533. The van der Waals surface area contributed by atoms with Crippen LogP contribution in [0.15, 0.2) is 77.1 Å². The minimum Gasteiger partial charge on any atom is -0.392 e. The van der Waals surface area contributed by atoms with E-state index in [1.807, 2.05) is 43.3 Å². The summed E-state index contributed by atoms with van der Waals surface area (Å²) in [5.74, 6) is 0.744. The van der Waals surface area contributed by atoms with E-state index in [1.54, 1.807) is 23.1 Å². The highest BCUT2D eigenvalue weighted by molar-refractivity contribution is 8.01. The molecule has 0 radical (unpaired) electrons. The molecular formula is C36H42N4O5S2. The van der Waals surface area contributed by atoms with Gasteiger partial charge in [0, 0.05) is 44.2 Å². The predicted octanol–water partition coefficient (Wildman–Crippen LogP) is 6.66. The second-order valence-electron chi connectivity index (χ2n) is 11.6. The lowest BCUT2D eigenvalue weighted by atomic mass is 9.99. The summed E-state index contributed by atoms with van der Waals surface area (Å²) < 4.78 is 13.9. The standard InChI is InChI=1S/C36H42N4O5S2/c1-24(42)37-18-5-3-4-9-34(43)38-21-27-7-6-8-31(19-27)28-14-16-30(17-15-28)35-44-32(23-46-36-40-39-25(2)47-36)20-33(45-35)29-12-10-26(22-41)11-13-29/h6-8,10-17,19,32-33,35,41H,3-5,9,18,20-23H2,1-2H3,(H,37,42)(H,38,43). The lowest BCUT2D eigenvalue weighted by Gasteiger charge is -2.36. The van der Waals surface area contributed by atoms with Crippen molar-refractivity contribution >= 4 is 34.9 Å². The molecule has 1 aliphatic rings. The van der Waals surface area contributed by atoms with Crippen molar-refractivity contribution < 1.29 is 24.2 Å². The number of benzene rings is 3. The molecule has 3 aromatic carbocycles. The van der Waals surface area contributed by atoms with Gasteiger partial charge in [-0.2, -0.15) is 0 Å². The first-order valence-corrected chi connectivity index (χ1v) is 17.8. The van der Waals surface area contributed by atoms with E-state index in [-0.39, 0.29) is 30.6 Å². The van der Waals surface area contributed by atoms with Gasteiger partial charge >= 0.3 is 0 Å². The van der Waals surface area contributed by atoms with Crippen LogP contribution in [0.4, 0.5) is 0 Å². The van der Waals surface area contributed by atoms with Gasteiger partial charge in [0.2, 0.25) is 11.8 Å². The molecule has 248 valence electrons. The highest BCUT2D eigenvalue weighted by Gasteiger charge is 2.32. The number of thioether (sulfide) groups is 1. The number of carbonyl (C=O) groups excluding carboxylic acids is 2. The Hall–Kier alpha value is -3.61. The fraction of sp³-hybridized carbons (Fsp3) is 0.389. The lowest BCUT2D eigenvalue weighted by molar-refractivity contribution is -0.245. The Morgan fingerprint density at radius 1 is 0.915 bits per heavy atom. The number of aryl methyl sites for hydroxylation is 1. The van der Waals surface area contributed by atoms with Gasteiger partial charge in [0.25, 0.3) is 0 Å². The molecule has 2 heterocycles. The fourth-order valence-electron chi connectivity index (χ4n) is 5.36. The minimum absolute atomic E-state index is 0.00496. The summed E-state index contributed by atoms with van der Waals surface area (Å²) in [5.41, 5.74) is 6.02. The molecule has 0 aliphatic carbocycles. The average Bonchev–Trinajstić information content (AvgIpc) is 3.52. The van der Waals surface area contributed by atoms with Gasteiger partial charge in [-0.25, -0.2) is 0 Å². The molecule has 1 aliphatic heterocycles. The Morgan fingerprint density at radius 2 is 1.70 bits per heavy atom. The summed E-state index contributed by atoms with van der Waals surface area (Å²) in [7, 11) is 0. The van der Waals surface area contributed by atoms with E-state index in [0.717, 1.165) is 67.7 Å². The Morgan fingerprint density at radius 3 is 2.43 bits per heavy atom. The lowest BCUT2D eigenvalue weighted by Crippen LogP contribution is -2.31. The van der Waals surface area contributed by atoms with Crippen molar-refractivity contribution in [2.24, 2.45) is 0 Å². The molecule has 9 nitrogen and oxygen atoms in total. The maximum absolute atomic E-state index is 12.4. The van der Waals surface area contributed by atoms with Crippen molar-refractivity contribution in [3.8, 4) is 11.1 Å². The molecule has 1 aromatic heterocycles. The molecule has 0 spiro atoms. The molecule has 2 amide bonds. The van der Waals surface area contributed by atoms with Crippen LogP contribution in [0.2, 0.25) is 0 Å². The monoisotopic (exact) mass is 674 g/mol. The normalized spacial score (nSPS) is 17.7. The fourth-order valence-corrected chi connectivity index (χ4v) is 7.22. The maximum atomic E-state index is 12.4. The van der Waals surface area contributed by atoms with Gasteiger partial charge in [0.15, 0.2) is 10.6 Å². The first kappa shape index (κ1) is 34.7. The Kier molecular flexibility index (Phi) is 12.9. The van der Waals surface area contributed by atoms with Crippen molar-refractivity contribution in [2.45, 2.75) is 81.9 Å². The summed E-state index contributed by atoms with van der Waals surface area (Å²) in [6.45, 7) is 4.59. The zero-order chi connectivity index (χ0) is 33.0. The van der Waals surface area contributed by atoms with Gasteiger partial charge < -0.3 is 25.2 Å². The Labute approximate surface area is 284 Å². The zero-order valence-electron chi connectivity index (χ0n) is 26.8. The van der Waals surface area contributed by atoms with E-state index < -0.39 is 6.29 Å². The number of aromatic nitrogens is 2. The number of hydrogen-bond acceptors (Lipinski definition) is 9. The van der Waals surface area contributed by atoms with E-state index in [4.69, 9.17) is 9.47 Å². The van der Waals surface area contributed by atoms with Crippen LogP contribution in [0.25, 0.3) is 11.1 Å². The molecule has 0 bridgehead atoms. The number of ether oxygens (including phenoxy) is 2. The quantitative estimate of drug-likeness (QED) is 0.0946. The van der Waals surface area contributed by atoms with Crippen molar-refractivity contribution in [1.82, 2.24) is 20.8 Å². The highest BCUT2D eigenvalue weighted by atomic mass is 32.2. The number of nitrogens with one attached hydrogen (secondary N) is 2. The Bertz CT molecular complexity index is 1600. The number of unbranched alkanes of at least 4 members (excludes halogenated alkanes) is 2. The highest BCUT2D eigenvalue weighted by Crippen LogP contribution is 2.40. The summed E-state index contributed by atoms with van der Waals surface area (Å²) in [6, 6.07) is 24.4. The Balaban J connectivity index is 1.19. The molecule has 0 saturated carbocycles. The summed E-state index contributed by atoms with van der Waals surface area (Å²) in [4.78, 5) is 23.3. The first-order valence-electron chi connectivity index (χ1n) is 16.0. The van der Waals surface area contributed by atoms with E-state index in [2.05, 4.69) is 57.2 Å². The molecular weight excluding hydrogens is 633 g/mol. The number of rotatable bonds is 15. The van der Waals surface area contributed by atoms with Gasteiger partial charge in [-0.05, 0) is 53.6 Å². The summed E-state index contributed by atoms with van der Waals surface area (Å²) in [6.07, 6.45) is 3.01. The van der Waals surface area contributed by atoms with Crippen LogP contribution < -0.4 is 10.6 Å². The molecule has 11 heteroatoms. The summed E-state index contributed by atoms with van der Waals surface area (Å²) >= 11 is 3.24. The SMILES string of the molecule is CC(=O)NCCCCCC(=O)NCc1cccc(-c2ccc(C3OC(CSc4nnc(C)s4)CC(c4ccc(CO)cc4)O3)cc2)c1. The molecule has 5 rings (SSSR count). The van der Waals surface area contributed by atoms with Crippen molar-refractivity contribution in [3.05, 3.63) is 100 Å². The van der Waals surface area contributed by atoms with E-state index >= 15 is 0 Å². The van der Waals surface area contributed by atoms with E-state index in [1.165, 1.54) is 6.92 Å². The number of aliphatic hydroxyl groups is 1. The topological polar surface area (TPSA) is 123 Å². The largest absolute Gasteiger partial charge is 0.392 e.